The molecule has 60 valence electrons. The average molecular weight is 267 g/mol. The van der Waals surface area contributed by atoms with E-state index in [9.17, 15) is 18.0 Å². The van der Waals surface area contributed by atoms with Crippen molar-refractivity contribution in [2.45, 2.75) is 16.5 Å². The molecule has 2 nitrogen and oxygen atoms in total. The van der Waals surface area contributed by atoms with Crippen molar-refractivity contribution in [1.29, 1.82) is 0 Å². The first-order valence-electron chi connectivity index (χ1n) is 2.33. The lowest BCUT2D eigenvalue weighted by molar-refractivity contribution is -0.135. The molecule has 1 amide bonds. The fourth-order valence-electron chi connectivity index (χ4n) is 0.292. The smallest absolute Gasteiger partial charge is 0.370 e. The lowest BCUT2D eigenvalue weighted by atomic mass is 10.3. The van der Waals surface area contributed by atoms with Gasteiger partial charge < -0.3 is 5.73 Å². The van der Waals surface area contributed by atoms with Crippen LogP contribution in [0.3, 0.4) is 0 Å². The molecule has 0 aromatic rings. The van der Waals surface area contributed by atoms with Gasteiger partial charge in [0.2, 0.25) is 5.91 Å². The Kier molecular flexibility index (Phi) is 3.40. The Morgan fingerprint density at radius 2 is 2.00 bits per heavy atom. The van der Waals surface area contributed by atoms with Gasteiger partial charge in [-0.05, 0) is 0 Å². The molecule has 0 aliphatic rings. The molecule has 0 saturated carbocycles. The van der Waals surface area contributed by atoms with Gasteiger partial charge in [0.15, 0.2) is 0 Å². The predicted molar refractivity (Wildman–Crippen MR) is 37.7 cm³/mol. The molecule has 2 N–H and O–H groups in total. The van der Waals surface area contributed by atoms with Gasteiger partial charge in [-0.25, -0.2) is 0 Å². The number of hydrogen-bond donors (Lipinski definition) is 1. The molecular formula is C4H5F3INO. The lowest BCUT2D eigenvalue weighted by Crippen LogP contribution is -2.28. The summed E-state index contributed by atoms with van der Waals surface area (Å²) in [7, 11) is 0. The molecule has 0 spiro atoms. The highest BCUT2D eigenvalue weighted by atomic mass is 127. The Morgan fingerprint density at radius 3 is 2.10 bits per heavy atom. The zero-order valence-electron chi connectivity index (χ0n) is 4.78. The van der Waals surface area contributed by atoms with Crippen LogP contribution < -0.4 is 5.73 Å². The fraction of sp³-hybridized carbons (Fsp3) is 0.750. The van der Waals surface area contributed by atoms with E-state index >= 15 is 0 Å². The normalized spacial score (nSPS) is 14.8. The molecule has 0 aromatic carbocycles. The minimum Gasteiger partial charge on any atom is -0.370 e. The third kappa shape index (κ3) is 3.91. The Labute approximate surface area is 69.1 Å². The van der Waals surface area contributed by atoms with Crippen LogP contribution >= 0.6 is 22.6 Å². The van der Waals surface area contributed by atoms with E-state index in [0.717, 1.165) is 22.6 Å². The number of carbonyl (C=O) groups is 1. The second kappa shape index (κ2) is 3.40. The second-order valence-corrected chi connectivity index (χ2v) is 3.18. The molecule has 1 unspecified atom stereocenters. The van der Waals surface area contributed by atoms with Crippen molar-refractivity contribution in [3.8, 4) is 0 Å². The minimum atomic E-state index is -4.32. The van der Waals surface area contributed by atoms with Gasteiger partial charge in [-0.3, -0.25) is 4.79 Å². The van der Waals surface area contributed by atoms with Crippen LogP contribution in [0.2, 0.25) is 0 Å². The van der Waals surface area contributed by atoms with Crippen molar-refractivity contribution in [2.24, 2.45) is 5.73 Å². The number of halogens is 4. The van der Waals surface area contributed by atoms with Crippen LogP contribution in [-0.2, 0) is 4.79 Å². The zero-order chi connectivity index (χ0) is 8.36. The van der Waals surface area contributed by atoms with Gasteiger partial charge in [0.1, 0.15) is 3.92 Å². The summed E-state index contributed by atoms with van der Waals surface area (Å²) in [5.74, 6) is -0.934. The van der Waals surface area contributed by atoms with Crippen LogP contribution in [0.1, 0.15) is 6.42 Å². The maximum Gasteiger partial charge on any atom is 0.400 e. The summed E-state index contributed by atoms with van der Waals surface area (Å²) in [5, 5.41) is 0. The van der Waals surface area contributed by atoms with Crippen LogP contribution in [0.25, 0.3) is 0 Å². The molecule has 0 heterocycles. The van der Waals surface area contributed by atoms with E-state index in [1.54, 1.807) is 0 Å². The van der Waals surface area contributed by atoms with Gasteiger partial charge in [-0.15, -0.1) is 0 Å². The van der Waals surface area contributed by atoms with Crippen molar-refractivity contribution in [3.63, 3.8) is 0 Å². The fourth-order valence-corrected chi connectivity index (χ4v) is 0.726. The Bertz CT molecular complexity index is 135. The largest absolute Gasteiger partial charge is 0.400 e. The molecular weight excluding hydrogens is 262 g/mol. The third-order valence-electron chi connectivity index (χ3n) is 0.736. The topological polar surface area (TPSA) is 43.1 Å². The van der Waals surface area contributed by atoms with Crippen LogP contribution in [0.15, 0.2) is 0 Å². The summed E-state index contributed by atoms with van der Waals surface area (Å²) in [6.45, 7) is 0. The maximum absolute atomic E-state index is 11.6. The summed E-state index contributed by atoms with van der Waals surface area (Å²) in [6.07, 6.45) is -4.97. The minimum absolute atomic E-state index is 0.649. The summed E-state index contributed by atoms with van der Waals surface area (Å²) >= 11 is 1.14. The van der Waals surface area contributed by atoms with Crippen molar-refractivity contribution >= 4 is 28.5 Å². The first-order chi connectivity index (χ1) is 4.34. The number of rotatable bonds is 2. The zero-order valence-corrected chi connectivity index (χ0v) is 6.94. The maximum atomic E-state index is 11.6. The van der Waals surface area contributed by atoms with Crippen LogP contribution in [-0.4, -0.2) is 16.0 Å². The number of hydrogen-bond acceptors (Lipinski definition) is 1. The number of carbonyl (C=O) groups excluding carboxylic acids is 1. The van der Waals surface area contributed by atoms with Crippen molar-refractivity contribution in [2.75, 3.05) is 0 Å². The van der Waals surface area contributed by atoms with Gasteiger partial charge in [0.05, 0.1) is 0 Å². The second-order valence-electron chi connectivity index (χ2n) is 1.68. The van der Waals surface area contributed by atoms with Crippen LogP contribution in [0, 0.1) is 0 Å². The first-order valence-corrected chi connectivity index (χ1v) is 3.57. The number of primary amides is 1. The monoisotopic (exact) mass is 267 g/mol. The highest BCUT2D eigenvalue weighted by Gasteiger charge is 2.38. The molecule has 0 bridgehead atoms. The van der Waals surface area contributed by atoms with E-state index in [1.165, 1.54) is 0 Å². The van der Waals surface area contributed by atoms with Crippen LogP contribution in [0.5, 0.6) is 0 Å². The van der Waals surface area contributed by atoms with E-state index in [2.05, 4.69) is 5.73 Å². The number of amides is 1. The Balaban J connectivity index is 3.85. The van der Waals surface area contributed by atoms with E-state index in [-0.39, 0.29) is 0 Å². The number of nitrogens with two attached hydrogens (primary N) is 1. The van der Waals surface area contributed by atoms with Gasteiger partial charge in [-0.1, -0.05) is 22.6 Å². The van der Waals surface area contributed by atoms with Crippen molar-refractivity contribution < 1.29 is 18.0 Å². The van der Waals surface area contributed by atoms with Gasteiger partial charge in [0, 0.05) is 6.42 Å². The molecule has 0 aliphatic heterocycles. The van der Waals surface area contributed by atoms with Crippen LogP contribution in [0.4, 0.5) is 13.2 Å². The molecule has 6 heteroatoms. The molecule has 0 rings (SSSR count). The SMILES string of the molecule is NC(=O)CC(I)C(F)(F)F. The van der Waals surface area contributed by atoms with Gasteiger partial charge in [-0.2, -0.15) is 13.2 Å². The lowest BCUT2D eigenvalue weighted by Gasteiger charge is -2.10. The molecule has 10 heavy (non-hydrogen) atoms. The Hall–Kier alpha value is -0.0100. The molecule has 0 saturated heterocycles. The quantitative estimate of drug-likeness (QED) is 0.593. The van der Waals surface area contributed by atoms with E-state index in [4.69, 9.17) is 0 Å². The average Bonchev–Trinajstić information content (AvgIpc) is 1.60. The standard InChI is InChI=1S/C4H5F3INO/c5-4(6,7)2(8)1-3(9)10/h2H,1H2,(H2,9,10). The van der Waals surface area contributed by atoms with Crippen molar-refractivity contribution in [3.05, 3.63) is 0 Å². The van der Waals surface area contributed by atoms with E-state index < -0.39 is 22.4 Å². The molecule has 0 aliphatic carbocycles. The van der Waals surface area contributed by atoms with E-state index in [1.807, 2.05) is 0 Å². The third-order valence-corrected chi connectivity index (χ3v) is 1.88. The summed E-state index contributed by atoms with van der Waals surface area (Å²) in [4.78, 5) is 9.97. The summed E-state index contributed by atoms with van der Waals surface area (Å²) in [5.41, 5.74) is 4.55. The highest BCUT2D eigenvalue weighted by Crippen LogP contribution is 2.28. The highest BCUT2D eigenvalue weighted by molar-refractivity contribution is 14.1. The van der Waals surface area contributed by atoms with Crippen molar-refractivity contribution in [1.82, 2.24) is 0 Å². The first kappa shape index (κ1) is 9.99. The number of alkyl halides is 4. The Morgan fingerprint density at radius 1 is 1.60 bits per heavy atom. The summed E-state index contributed by atoms with van der Waals surface area (Å²) < 4.78 is 33.1. The predicted octanol–water partition coefficient (Wildman–Crippen LogP) is 1.23. The van der Waals surface area contributed by atoms with E-state index in [0.29, 0.717) is 0 Å². The van der Waals surface area contributed by atoms with Gasteiger partial charge >= 0.3 is 6.18 Å². The molecule has 0 aromatic heterocycles. The van der Waals surface area contributed by atoms with Gasteiger partial charge in [0.25, 0.3) is 0 Å². The summed E-state index contributed by atoms with van der Waals surface area (Å²) in [6, 6.07) is 0. The molecule has 0 radical (unpaired) electrons. The molecule has 0 fully saturated rings. The molecule has 1 atom stereocenters.